The number of benzene rings is 3. The number of aryl methyl sites for hydroxylation is 1. The maximum absolute atomic E-state index is 10.5. The molecule has 158 valence electrons. The third-order valence-electron chi connectivity index (χ3n) is 5.62. The fourth-order valence-corrected chi connectivity index (χ4v) is 3.83. The summed E-state index contributed by atoms with van der Waals surface area (Å²) in [5, 5.41) is 4.05. The van der Waals surface area contributed by atoms with Crippen molar-refractivity contribution in [2.75, 3.05) is 0 Å². The van der Waals surface area contributed by atoms with Crippen molar-refractivity contribution in [3.8, 4) is 0 Å². The van der Waals surface area contributed by atoms with Crippen LogP contribution in [0.25, 0.3) is 21.7 Å². The lowest BCUT2D eigenvalue weighted by molar-refractivity contribution is 0.370. The summed E-state index contributed by atoms with van der Waals surface area (Å²) in [4.78, 5) is -0.0666. The van der Waals surface area contributed by atoms with Gasteiger partial charge in [0.25, 0.3) is 10.1 Å². The molecule has 5 heteroatoms. The van der Waals surface area contributed by atoms with Gasteiger partial charge in [0.15, 0.2) is 0 Å². The molecule has 1 heterocycles. The molecule has 1 atom stereocenters. The summed E-state index contributed by atoms with van der Waals surface area (Å²) in [6.07, 6.45) is 2.23. The Balaban J connectivity index is 0.000000199. The van der Waals surface area contributed by atoms with Crippen molar-refractivity contribution in [1.29, 1.82) is 0 Å². The number of nitrogens with zero attached hydrogens (tertiary/aromatic N) is 1. The van der Waals surface area contributed by atoms with Crippen molar-refractivity contribution in [2.24, 2.45) is 11.8 Å². The van der Waals surface area contributed by atoms with Gasteiger partial charge in [0.1, 0.15) is 0 Å². The number of aromatic nitrogens is 1. The van der Waals surface area contributed by atoms with Crippen molar-refractivity contribution < 1.29 is 13.0 Å². The Hall–Kier alpha value is -2.63. The first kappa shape index (κ1) is 22.1. The van der Waals surface area contributed by atoms with Gasteiger partial charge in [0.2, 0.25) is 0 Å². The van der Waals surface area contributed by atoms with Gasteiger partial charge in [-0.15, -0.1) is 0 Å². The van der Waals surface area contributed by atoms with Crippen molar-refractivity contribution in [1.82, 2.24) is 4.57 Å². The average Bonchev–Trinajstić information content (AvgIpc) is 3.11. The molecule has 30 heavy (non-hydrogen) atoms. The maximum atomic E-state index is 10.5. The molecule has 4 aromatic rings. The van der Waals surface area contributed by atoms with E-state index in [4.69, 9.17) is 4.55 Å². The number of fused-ring (bicyclic) bond motifs is 3. The Bertz CT molecular complexity index is 1240. The molecule has 1 aromatic heterocycles. The molecule has 0 saturated carbocycles. The summed E-state index contributed by atoms with van der Waals surface area (Å²) in [6.45, 7) is 9.86. The van der Waals surface area contributed by atoms with Crippen molar-refractivity contribution in [3.05, 3.63) is 78.5 Å². The Kier molecular flexibility index (Phi) is 6.64. The van der Waals surface area contributed by atoms with Crippen LogP contribution in [0.4, 0.5) is 0 Å². The summed E-state index contributed by atoms with van der Waals surface area (Å²) >= 11 is 0. The van der Waals surface area contributed by atoms with E-state index >= 15 is 0 Å². The van der Waals surface area contributed by atoms with Crippen molar-refractivity contribution in [2.45, 2.75) is 39.1 Å². The molecule has 0 aliphatic heterocycles. The molecule has 0 fully saturated rings. The van der Waals surface area contributed by atoms with E-state index in [-0.39, 0.29) is 4.90 Å². The van der Waals surface area contributed by atoms with E-state index in [1.807, 2.05) is 6.92 Å². The first-order chi connectivity index (χ1) is 14.2. The smallest absolute Gasteiger partial charge is 0.294 e. The van der Waals surface area contributed by atoms with Crippen LogP contribution in [0.3, 0.4) is 0 Å². The first-order valence-electron chi connectivity index (χ1n) is 10.2. The van der Waals surface area contributed by atoms with E-state index < -0.39 is 10.1 Å². The Labute approximate surface area is 178 Å². The van der Waals surface area contributed by atoms with E-state index in [2.05, 4.69) is 74.0 Å². The summed E-state index contributed by atoms with van der Waals surface area (Å²) in [5.74, 6) is 1.42. The second-order valence-electron chi connectivity index (χ2n) is 8.20. The lowest BCUT2D eigenvalue weighted by atomic mass is 9.98. The largest absolute Gasteiger partial charge is 0.347 e. The maximum Gasteiger partial charge on any atom is 0.294 e. The van der Waals surface area contributed by atoms with Crippen LogP contribution >= 0.6 is 0 Å². The second kappa shape index (κ2) is 9.02. The molecule has 0 spiro atoms. The van der Waals surface area contributed by atoms with Gasteiger partial charge in [-0.05, 0) is 53.8 Å². The molecule has 0 radical (unpaired) electrons. The highest BCUT2D eigenvalue weighted by Gasteiger charge is 2.11. The monoisotopic (exact) mass is 423 g/mol. The van der Waals surface area contributed by atoms with E-state index in [1.54, 1.807) is 12.1 Å². The molecule has 0 amide bonds. The van der Waals surface area contributed by atoms with Crippen LogP contribution in [0.5, 0.6) is 0 Å². The quantitative estimate of drug-likeness (QED) is 0.390. The van der Waals surface area contributed by atoms with Gasteiger partial charge in [-0.3, -0.25) is 4.55 Å². The molecule has 0 aliphatic rings. The van der Waals surface area contributed by atoms with Crippen LogP contribution < -0.4 is 0 Å². The fraction of sp³-hybridized carbons (Fsp3) is 0.280. The van der Waals surface area contributed by atoms with Crippen LogP contribution in [0.2, 0.25) is 0 Å². The van der Waals surface area contributed by atoms with Gasteiger partial charge in [0.05, 0.1) is 4.90 Å². The van der Waals surface area contributed by atoms with E-state index in [1.165, 1.54) is 33.8 Å². The molecule has 0 bridgehead atoms. The van der Waals surface area contributed by atoms with Crippen LogP contribution in [-0.4, -0.2) is 17.5 Å². The van der Waals surface area contributed by atoms with E-state index in [0.29, 0.717) is 5.92 Å². The predicted octanol–water partition coefficient (Wildman–Crippen LogP) is 6.33. The minimum Gasteiger partial charge on any atom is -0.347 e. The van der Waals surface area contributed by atoms with Crippen molar-refractivity contribution in [3.63, 3.8) is 0 Å². The molecule has 1 unspecified atom stereocenters. The summed E-state index contributed by atoms with van der Waals surface area (Å²) in [7, 11) is -4.02. The predicted molar refractivity (Wildman–Crippen MR) is 124 cm³/mol. The van der Waals surface area contributed by atoms with Crippen LogP contribution in [0.15, 0.2) is 77.8 Å². The van der Waals surface area contributed by atoms with Gasteiger partial charge in [-0.2, -0.15) is 8.42 Å². The molecule has 4 rings (SSSR count). The SMILES string of the molecule is CC(C)C(C)Cn1ccc2c3ccccc3ccc21.Cc1ccc(S(=O)(=O)O)cc1. The normalized spacial score (nSPS) is 12.7. The average molecular weight is 424 g/mol. The van der Waals surface area contributed by atoms with Crippen LogP contribution in [-0.2, 0) is 16.7 Å². The third kappa shape index (κ3) is 5.10. The van der Waals surface area contributed by atoms with Crippen molar-refractivity contribution >= 4 is 31.8 Å². The fourth-order valence-electron chi connectivity index (χ4n) is 3.35. The summed E-state index contributed by atoms with van der Waals surface area (Å²) in [6, 6.07) is 21.4. The molecule has 0 aliphatic carbocycles. The third-order valence-corrected chi connectivity index (χ3v) is 6.49. The summed E-state index contributed by atoms with van der Waals surface area (Å²) in [5.41, 5.74) is 2.31. The lowest BCUT2D eigenvalue weighted by Gasteiger charge is -2.17. The molecule has 0 saturated heterocycles. The minimum atomic E-state index is -4.02. The Morgan fingerprint density at radius 3 is 2.17 bits per heavy atom. The minimum absolute atomic E-state index is 0.0666. The highest BCUT2D eigenvalue weighted by molar-refractivity contribution is 7.85. The van der Waals surface area contributed by atoms with Crippen LogP contribution in [0.1, 0.15) is 26.3 Å². The topological polar surface area (TPSA) is 59.3 Å². The highest BCUT2D eigenvalue weighted by Crippen LogP contribution is 2.27. The van der Waals surface area contributed by atoms with Gasteiger partial charge in [0, 0.05) is 23.6 Å². The molecular weight excluding hydrogens is 394 g/mol. The van der Waals surface area contributed by atoms with E-state index in [9.17, 15) is 8.42 Å². The first-order valence-corrected chi connectivity index (χ1v) is 11.6. The lowest BCUT2D eigenvalue weighted by Crippen LogP contribution is -2.12. The molecular formula is C25H29NO3S. The zero-order chi connectivity index (χ0) is 21.9. The van der Waals surface area contributed by atoms with Crippen LogP contribution in [0, 0.1) is 18.8 Å². The number of hydrogen-bond acceptors (Lipinski definition) is 2. The number of hydrogen-bond donors (Lipinski definition) is 1. The van der Waals surface area contributed by atoms with Gasteiger partial charge in [-0.25, -0.2) is 0 Å². The highest BCUT2D eigenvalue weighted by atomic mass is 32.2. The second-order valence-corrected chi connectivity index (χ2v) is 9.62. The molecule has 3 aromatic carbocycles. The van der Waals surface area contributed by atoms with E-state index in [0.717, 1.165) is 18.0 Å². The molecule has 1 N–H and O–H groups in total. The number of rotatable bonds is 4. The van der Waals surface area contributed by atoms with Gasteiger partial charge in [-0.1, -0.05) is 68.8 Å². The Morgan fingerprint density at radius 1 is 0.867 bits per heavy atom. The van der Waals surface area contributed by atoms with Gasteiger partial charge < -0.3 is 4.57 Å². The molecule has 4 nitrogen and oxygen atoms in total. The zero-order valence-electron chi connectivity index (χ0n) is 17.9. The summed E-state index contributed by atoms with van der Waals surface area (Å²) < 4.78 is 31.9. The van der Waals surface area contributed by atoms with Gasteiger partial charge >= 0.3 is 0 Å². The standard InChI is InChI=1S/C18H21N.C7H8O3S/c1-13(2)14(3)12-19-11-10-17-16-7-5-4-6-15(16)8-9-18(17)19;1-6-2-4-7(5-3-6)11(8,9)10/h4-11,13-14H,12H2,1-3H3;2-5H,1H3,(H,8,9,10). The zero-order valence-corrected chi connectivity index (χ0v) is 18.7. The Morgan fingerprint density at radius 2 is 1.53 bits per heavy atom.